The van der Waals surface area contributed by atoms with E-state index in [2.05, 4.69) is 15.3 Å². The summed E-state index contributed by atoms with van der Waals surface area (Å²) in [4.78, 5) is 30.6. The van der Waals surface area contributed by atoms with Crippen LogP contribution in [0, 0.1) is 5.82 Å². The smallest absolute Gasteiger partial charge is 0.408 e. The van der Waals surface area contributed by atoms with E-state index in [0.717, 1.165) is 0 Å². The highest BCUT2D eigenvalue weighted by atomic mass is 19.4. The van der Waals surface area contributed by atoms with Crippen molar-refractivity contribution in [1.29, 1.82) is 0 Å². The van der Waals surface area contributed by atoms with E-state index in [0.29, 0.717) is 16.6 Å². The largest absolute Gasteiger partial charge is 0.417 e. The first-order valence-electron chi connectivity index (χ1n) is 10.9. The van der Waals surface area contributed by atoms with Crippen molar-refractivity contribution in [2.75, 3.05) is 6.54 Å². The Bertz CT molecular complexity index is 1470. The van der Waals surface area contributed by atoms with Crippen molar-refractivity contribution in [1.82, 2.24) is 15.3 Å². The number of carbonyl (C=O) groups excluding carboxylic acids is 1. The van der Waals surface area contributed by atoms with Gasteiger partial charge in [-0.2, -0.15) is 13.2 Å². The van der Waals surface area contributed by atoms with Crippen LogP contribution in [0.1, 0.15) is 41.4 Å². The van der Waals surface area contributed by atoms with Gasteiger partial charge < -0.3 is 15.5 Å². The first kappa shape index (κ1) is 25.1. The molecule has 0 aliphatic heterocycles. The number of fused-ring (bicyclic) bond motifs is 1. The van der Waals surface area contributed by atoms with Crippen molar-refractivity contribution in [3.8, 4) is 11.3 Å². The van der Waals surface area contributed by atoms with Gasteiger partial charge in [-0.3, -0.25) is 14.8 Å². The second-order valence-corrected chi connectivity index (χ2v) is 8.92. The number of aromatic nitrogens is 2. The molecule has 0 spiro atoms. The monoisotopic (exact) mass is 502 g/mol. The number of nitrogens with two attached hydrogens (primary N) is 1. The van der Waals surface area contributed by atoms with Crippen LogP contribution in [0.3, 0.4) is 0 Å². The second-order valence-electron chi connectivity index (χ2n) is 8.92. The zero-order valence-electron chi connectivity index (χ0n) is 19.2. The molecular formula is C25H22F4N4O3. The highest BCUT2D eigenvalue weighted by molar-refractivity contribution is 5.97. The SMILES string of the molecule is CC(C)(N)c1cc(-c2ccc(F)cc2)nc(C(CNC(=O)c2ccc3[nH]c(=O)oc3c2)C(F)(F)F)c1. The Labute approximate surface area is 202 Å². The standard InChI is InChI=1S/C25H22F4N4O3/c1-24(2,30)15-10-19(13-3-6-16(26)7-4-13)32-20(11-15)17(25(27,28)29)12-31-22(34)14-5-8-18-21(9-14)36-23(35)33-18/h3-11,17H,12,30H2,1-2H3,(H,31,34)(H,33,35). The van der Waals surface area contributed by atoms with Crippen LogP contribution in [0.5, 0.6) is 0 Å². The Morgan fingerprint density at radius 1 is 1.11 bits per heavy atom. The van der Waals surface area contributed by atoms with Gasteiger partial charge in [-0.15, -0.1) is 0 Å². The van der Waals surface area contributed by atoms with E-state index in [9.17, 15) is 27.2 Å². The Hall–Kier alpha value is -3.99. The van der Waals surface area contributed by atoms with E-state index in [1.807, 2.05) is 0 Å². The van der Waals surface area contributed by atoms with Crippen LogP contribution in [0.15, 0.2) is 63.8 Å². The summed E-state index contributed by atoms with van der Waals surface area (Å²) in [7, 11) is 0. The van der Waals surface area contributed by atoms with Crippen molar-refractivity contribution >= 4 is 17.0 Å². The van der Waals surface area contributed by atoms with E-state index >= 15 is 0 Å². The van der Waals surface area contributed by atoms with E-state index in [1.165, 1.54) is 48.5 Å². The summed E-state index contributed by atoms with van der Waals surface area (Å²) in [5, 5.41) is 2.29. The Balaban J connectivity index is 1.68. The molecule has 4 aromatic rings. The van der Waals surface area contributed by atoms with E-state index in [-0.39, 0.29) is 22.5 Å². The topological polar surface area (TPSA) is 114 Å². The average Bonchev–Trinajstić information content (AvgIpc) is 3.17. The summed E-state index contributed by atoms with van der Waals surface area (Å²) >= 11 is 0. The Morgan fingerprint density at radius 3 is 2.44 bits per heavy atom. The minimum atomic E-state index is -4.75. The molecule has 11 heteroatoms. The number of hydrogen-bond donors (Lipinski definition) is 3. The number of hydrogen-bond acceptors (Lipinski definition) is 5. The number of rotatable bonds is 6. The molecule has 2 aromatic heterocycles. The quantitative estimate of drug-likeness (QED) is 0.334. The molecule has 4 N–H and O–H groups in total. The van der Waals surface area contributed by atoms with Crippen molar-refractivity contribution in [2.24, 2.45) is 5.73 Å². The third-order valence-corrected chi connectivity index (χ3v) is 5.63. The van der Waals surface area contributed by atoms with Crippen molar-refractivity contribution in [3.63, 3.8) is 0 Å². The highest BCUT2D eigenvalue weighted by Gasteiger charge is 2.42. The number of pyridine rings is 1. The van der Waals surface area contributed by atoms with Crippen LogP contribution >= 0.6 is 0 Å². The number of halogens is 4. The molecule has 36 heavy (non-hydrogen) atoms. The van der Waals surface area contributed by atoms with Crippen LogP contribution in [-0.2, 0) is 5.54 Å². The predicted octanol–water partition coefficient (Wildman–Crippen LogP) is 4.59. The molecule has 2 aromatic carbocycles. The number of aromatic amines is 1. The molecule has 188 valence electrons. The highest BCUT2D eigenvalue weighted by Crippen LogP contribution is 2.36. The number of nitrogens with one attached hydrogen (secondary N) is 2. The van der Waals surface area contributed by atoms with Crippen molar-refractivity contribution in [3.05, 3.63) is 87.8 Å². The van der Waals surface area contributed by atoms with Gasteiger partial charge in [0.2, 0.25) is 0 Å². The minimum absolute atomic E-state index is 0.0166. The molecule has 0 aliphatic rings. The van der Waals surface area contributed by atoms with Gasteiger partial charge in [0.1, 0.15) is 11.7 Å². The van der Waals surface area contributed by atoms with E-state index in [1.54, 1.807) is 19.9 Å². The zero-order valence-corrected chi connectivity index (χ0v) is 19.2. The van der Waals surface area contributed by atoms with Crippen LogP contribution < -0.4 is 16.8 Å². The van der Waals surface area contributed by atoms with Crippen LogP contribution in [-0.4, -0.2) is 28.6 Å². The molecule has 7 nitrogen and oxygen atoms in total. The number of benzene rings is 2. The first-order chi connectivity index (χ1) is 16.8. The Morgan fingerprint density at radius 2 is 1.81 bits per heavy atom. The number of nitrogens with zero attached hydrogens (tertiary/aromatic N) is 1. The molecule has 0 fully saturated rings. The summed E-state index contributed by atoms with van der Waals surface area (Å²) in [6, 6.07) is 12.0. The molecule has 0 bridgehead atoms. The third-order valence-electron chi connectivity index (χ3n) is 5.63. The molecule has 0 radical (unpaired) electrons. The molecule has 4 rings (SSSR count). The van der Waals surface area contributed by atoms with Gasteiger partial charge in [-0.05, 0) is 74.0 Å². The fraction of sp³-hybridized carbons (Fsp3) is 0.240. The molecule has 1 atom stereocenters. The molecule has 0 aliphatic carbocycles. The number of amides is 1. The van der Waals surface area contributed by atoms with Crippen molar-refractivity contribution < 1.29 is 26.8 Å². The lowest BCUT2D eigenvalue weighted by Crippen LogP contribution is -2.36. The predicted molar refractivity (Wildman–Crippen MR) is 125 cm³/mol. The lowest BCUT2D eigenvalue weighted by atomic mass is 9.91. The number of oxazole rings is 1. The first-order valence-corrected chi connectivity index (χ1v) is 10.9. The normalized spacial score (nSPS) is 13.1. The maximum atomic E-state index is 14.2. The summed E-state index contributed by atoms with van der Waals surface area (Å²) in [6.07, 6.45) is -4.75. The van der Waals surface area contributed by atoms with Gasteiger partial charge in [0.15, 0.2) is 5.58 Å². The van der Waals surface area contributed by atoms with Gasteiger partial charge in [0.25, 0.3) is 5.91 Å². The number of H-pyrrole nitrogens is 1. The molecule has 1 amide bonds. The van der Waals surface area contributed by atoms with Gasteiger partial charge in [0.05, 0.1) is 16.9 Å². The zero-order chi connectivity index (χ0) is 26.3. The fourth-order valence-electron chi connectivity index (χ4n) is 3.64. The van der Waals surface area contributed by atoms with Gasteiger partial charge in [0, 0.05) is 23.2 Å². The van der Waals surface area contributed by atoms with E-state index < -0.39 is 41.7 Å². The third kappa shape index (κ3) is 5.46. The van der Waals surface area contributed by atoms with Crippen LogP contribution in [0.2, 0.25) is 0 Å². The summed E-state index contributed by atoms with van der Waals surface area (Å²) in [5.41, 5.74) is 6.30. The molecule has 1 unspecified atom stereocenters. The van der Waals surface area contributed by atoms with Gasteiger partial charge >= 0.3 is 11.9 Å². The number of carbonyl (C=O) groups is 1. The van der Waals surface area contributed by atoms with Gasteiger partial charge in [-0.25, -0.2) is 9.18 Å². The molecule has 0 saturated carbocycles. The molecular weight excluding hydrogens is 480 g/mol. The fourth-order valence-corrected chi connectivity index (χ4v) is 3.64. The second kappa shape index (κ2) is 9.23. The summed E-state index contributed by atoms with van der Waals surface area (Å²) in [5.74, 6) is -4.16. The number of alkyl halides is 3. The van der Waals surface area contributed by atoms with Crippen molar-refractivity contribution in [2.45, 2.75) is 31.5 Å². The maximum absolute atomic E-state index is 14.2. The van der Waals surface area contributed by atoms with Gasteiger partial charge in [-0.1, -0.05) is 0 Å². The summed E-state index contributed by atoms with van der Waals surface area (Å²) < 4.78 is 60.8. The minimum Gasteiger partial charge on any atom is -0.408 e. The molecule has 0 saturated heterocycles. The van der Waals surface area contributed by atoms with Crippen LogP contribution in [0.4, 0.5) is 17.6 Å². The average molecular weight is 502 g/mol. The Kier molecular flexibility index (Phi) is 6.44. The lowest BCUT2D eigenvalue weighted by molar-refractivity contribution is -0.149. The lowest BCUT2D eigenvalue weighted by Gasteiger charge is -2.25. The van der Waals surface area contributed by atoms with E-state index in [4.69, 9.17) is 10.2 Å². The molecule has 2 heterocycles. The maximum Gasteiger partial charge on any atom is 0.417 e. The van der Waals surface area contributed by atoms with Crippen LogP contribution in [0.25, 0.3) is 22.4 Å². The summed E-state index contributed by atoms with van der Waals surface area (Å²) in [6.45, 7) is 2.47.